The van der Waals surface area contributed by atoms with Gasteiger partial charge in [0.2, 0.25) is 0 Å². The van der Waals surface area contributed by atoms with E-state index in [2.05, 4.69) is 10.1 Å². The number of hydrogen-bond acceptors (Lipinski definition) is 5. The number of carbonyl (C=O) groups excluding carboxylic acids is 1. The van der Waals surface area contributed by atoms with Crippen LogP contribution in [-0.2, 0) is 9.53 Å². The summed E-state index contributed by atoms with van der Waals surface area (Å²) in [6.45, 7) is 2.14. The summed E-state index contributed by atoms with van der Waals surface area (Å²) < 4.78 is 15.0. The fraction of sp³-hybridized carbons (Fsp3) is 0.462. The highest BCUT2D eigenvalue weighted by molar-refractivity contribution is 5.71. The minimum atomic E-state index is -0.290. The molecule has 1 rings (SSSR count). The summed E-state index contributed by atoms with van der Waals surface area (Å²) in [5.74, 6) is 1.06. The van der Waals surface area contributed by atoms with Gasteiger partial charge >= 0.3 is 5.97 Å². The lowest BCUT2D eigenvalue weighted by Gasteiger charge is -2.15. The molecule has 0 aliphatic rings. The smallest absolute Gasteiger partial charge is 0.319 e. The number of nitrogens with one attached hydrogen (secondary N) is 1. The fourth-order valence-corrected chi connectivity index (χ4v) is 1.55. The van der Waals surface area contributed by atoms with Crippen LogP contribution in [0.5, 0.6) is 11.5 Å². The summed E-state index contributed by atoms with van der Waals surface area (Å²) in [7, 11) is 4.55. The topological polar surface area (TPSA) is 56.8 Å². The molecule has 1 N–H and O–H groups in total. The summed E-state index contributed by atoms with van der Waals surface area (Å²) in [5.41, 5.74) is 1.01. The van der Waals surface area contributed by atoms with E-state index in [0.717, 1.165) is 5.56 Å². The molecule has 0 amide bonds. The third kappa shape index (κ3) is 3.63. The summed E-state index contributed by atoms with van der Waals surface area (Å²) in [6, 6.07) is 5.66. The second-order valence-electron chi connectivity index (χ2n) is 3.79. The Morgan fingerprint density at radius 2 is 1.89 bits per heavy atom. The average Bonchev–Trinajstić information content (AvgIpc) is 2.43. The Morgan fingerprint density at radius 1 is 1.22 bits per heavy atom. The number of methoxy groups -OCH3 is 3. The number of hydrogen-bond donors (Lipinski definition) is 1. The van der Waals surface area contributed by atoms with E-state index < -0.39 is 0 Å². The van der Waals surface area contributed by atoms with Crippen molar-refractivity contribution in [1.29, 1.82) is 0 Å². The minimum Gasteiger partial charge on any atom is -0.493 e. The van der Waals surface area contributed by atoms with Crippen LogP contribution in [0, 0.1) is 0 Å². The molecule has 0 radical (unpaired) electrons. The molecule has 18 heavy (non-hydrogen) atoms. The number of benzene rings is 1. The zero-order valence-electron chi connectivity index (χ0n) is 11.1. The van der Waals surface area contributed by atoms with Crippen LogP contribution >= 0.6 is 0 Å². The van der Waals surface area contributed by atoms with E-state index in [1.165, 1.54) is 7.11 Å². The Bertz CT molecular complexity index is 406. The monoisotopic (exact) mass is 253 g/mol. The zero-order valence-corrected chi connectivity index (χ0v) is 11.1. The lowest BCUT2D eigenvalue weighted by Crippen LogP contribution is -2.26. The molecule has 0 aliphatic carbocycles. The van der Waals surface area contributed by atoms with E-state index in [9.17, 15) is 4.79 Å². The van der Waals surface area contributed by atoms with Crippen molar-refractivity contribution < 1.29 is 19.0 Å². The van der Waals surface area contributed by atoms with Gasteiger partial charge in [-0.25, -0.2) is 0 Å². The van der Waals surface area contributed by atoms with Crippen LogP contribution in [-0.4, -0.2) is 33.8 Å². The molecule has 1 unspecified atom stereocenters. The van der Waals surface area contributed by atoms with Crippen LogP contribution in [0.15, 0.2) is 18.2 Å². The van der Waals surface area contributed by atoms with Gasteiger partial charge in [0.25, 0.3) is 0 Å². The zero-order chi connectivity index (χ0) is 13.5. The molecule has 0 saturated carbocycles. The van der Waals surface area contributed by atoms with Crippen molar-refractivity contribution in [2.45, 2.75) is 13.0 Å². The third-order valence-electron chi connectivity index (χ3n) is 2.69. The molecular weight excluding hydrogens is 234 g/mol. The number of ether oxygens (including phenoxy) is 3. The van der Waals surface area contributed by atoms with Crippen molar-refractivity contribution in [3.8, 4) is 11.5 Å². The van der Waals surface area contributed by atoms with Crippen LogP contribution in [0.1, 0.15) is 18.5 Å². The maximum Gasteiger partial charge on any atom is 0.319 e. The maximum atomic E-state index is 11.0. The normalized spacial score (nSPS) is 11.8. The van der Waals surface area contributed by atoms with Gasteiger partial charge in [0.1, 0.15) is 0 Å². The van der Waals surface area contributed by atoms with Crippen LogP contribution in [0.2, 0.25) is 0 Å². The Hall–Kier alpha value is -1.75. The standard InChI is InChI=1S/C13H19NO4/c1-9(14-8-13(15)18-4)10-5-6-11(16-2)12(7-10)17-3/h5-7,9,14H,8H2,1-4H3. The molecule has 5 nitrogen and oxygen atoms in total. The number of carbonyl (C=O) groups is 1. The van der Waals surface area contributed by atoms with Gasteiger partial charge in [-0.1, -0.05) is 6.07 Å². The van der Waals surface area contributed by atoms with Gasteiger partial charge in [-0.3, -0.25) is 4.79 Å². The van der Waals surface area contributed by atoms with Crippen molar-refractivity contribution in [2.75, 3.05) is 27.9 Å². The third-order valence-corrected chi connectivity index (χ3v) is 2.69. The lowest BCUT2D eigenvalue weighted by atomic mass is 10.1. The second-order valence-corrected chi connectivity index (χ2v) is 3.79. The Labute approximate surface area is 107 Å². The summed E-state index contributed by atoms with van der Waals surface area (Å²) in [5, 5.41) is 3.07. The highest BCUT2D eigenvalue weighted by Gasteiger charge is 2.11. The minimum absolute atomic E-state index is 0.0175. The first-order valence-electron chi connectivity index (χ1n) is 5.64. The first-order valence-corrected chi connectivity index (χ1v) is 5.64. The van der Waals surface area contributed by atoms with Crippen molar-refractivity contribution in [2.24, 2.45) is 0 Å². The number of rotatable bonds is 6. The molecule has 0 heterocycles. The summed E-state index contributed by atoms with van der Waals surface area (Å²) in [4.78, 5) is 11.0. The highest BCUT2D eigenvalue weighted by atomic mass is 16.5. The van der Waals surface area contributed by atoms with Crippen molar-refractivity contribution >= 4 is 5.97 Å². The van der Waals surface area contributed by atoms with E-state index in [0.29, 0.717) is 11.5 Å². The van der Waals surface area contributed by atoms with E-state index in [1.807, 2.05) is 25.1 Å². The van der Waals surface area contributed by atoms with Gasteiger partial charge in [-0.2, -0.15) is 0 Å². The van der Waals surface area contributed by atoms with Crippen LogP contribution < -0.4 is 14.8 Å². The van der Waals surface area contributed by atoms with Crippen LogP contribution in [0.25, 0.3) is 0 Å². The van der Waals surface area contributed by atoms with E-state index in [4.69, 9.17) is 9.47 Å². The molecule has 0 aromatic heterocycles. The molecular formula is C13H19NO4. The van der Waals surface area contributed by atoms with E-state index >= 15 is 0 Å². The lowest BCUT2D eigenvalue weighted by molar-refractivity contribution is -0.139. The molecule has 0 spiro atoms. The molecule has 1 aromatic rings. The number of esters is 1. The van der Waals surface area contributed by atoms with Gasteiger partial charge in [0.05, 0.1) is 27.9 Å². The Morgan fingerprint density at radius 3 is 2.44 bits per heavy atom. The Kier molecular flexibility index (Phi) is 5.45. The first-order chi connectivity index (χ1) is 8.62. The van der Waals surface area contributed by atoms with Crippen LogP contribution in [0.3, 0.4) is 0 Å². The molecule has 1 atom stereocenters. The second kappa shape index (κ2) is 6.86. The highest BCUT2D eigenvalue weighted by Crippen LogP contribution is 2.29. The molecule has 1 aromatic carbocycles. The Balaban J connectivity index is 2.73. The molecule has 0 saturated heterocycles. The van der Waals surface area contributed by atoms with E-state index in [-0.39, 0.29) is 18.6 Å². The maximum absolute atomic E-state index is 11.0. The molecule has 100 valence electrons. The molecule has 0 aliphatic heterocycles. The van der Waals surface area contributed by atoms with Crippen molar-refractivity contribution in [3.63, 3.8) is 0 Å². The van der Waals surface area contributed by atoms with Gasteiger partial charge in [0, 0.05) is 6.04 Å². The quantitative estimate of drug-likeness (QED) is 0.779. The van der Waals surface area contributed by atoms with Gasteiger partial charge < -0.3 is 19.5 Å². The molecule has 0 fully saturated rings. The first kappa shape index (κ1) is 14.3. The summed E-state index contributed by atoms with van der Waals surface area (Å²) in [6.07, 6.45) is 0. The van der Waals surface area contributed by atoms with Crippen LogP contribution in [0.4, 0.5) is 0 Å². The molecule has 0 bridgehead atoms. The predicted molar refractivity (Wildman–Crippen MR) is 68.0 cm³/mol. The van der Waals surface area contributed by atoms with Gasteiger partial charge in [-0.15, -0.1) is 0 Å². The van der Waals surface area contributed by atoms with Gasteiger partial charge in [-0.05, 0) is 24.6 Å². The van der Waals surface area contributed by atoms with E-state index in [1.54, 1.807) is 14.2 Å². The SMILES string of the molecule is COC(=O)CNC(C)c1ccc(OC)c(OC)c1. The summed E-state index contributed by atoms with van der Waals surface area (Å²) >= 11 is 0. The van der Waals surface area contributed by atoms with Crippen molar-refractivity contribution in [3.05, 3.63) is 23.8 Å². The largest absolute Gasteiger partial charge is 0.493 e. The average molecular weight is 253 g/mol. The molecule has 5 heteroatoms. The van der Waals surface area contributed by atoms with Gasteiger partial charge in [0.15, 0.2) is 11.5 Å². The van der Waals surface area contributed by atoms with Crippen molar-refractivity contribution in [1.82, 2.24) is 5.32 Å². The predicted octanol–water partition coefficient (Wildman–Crippen LogP) is 1.53. The fourth-order valence-electron chi connectivity index (χ4n) is 1.55.